The van der Waals surface area contributed by atoms with Gasteiger partial charge in [-0.2, -0.15) is 0 Å². The van der Waals surface area contributed by atoms with Crippen molar-refractivity contribution in [3.63, 3.8) is 0 Å². The summed E-state index contributed by atoms with van der Waals surface area (Å²) in [4.78, 5) is 20.0. The first kappa shape index (κ1) is 25.9. The summed E-state index contributed by atoms with van der Waals surface area (Å²) in [6.07, 6.45) is -0.996. The summed E-state index contributed by atoms with van der Waals surface area (Å²) < 4.78 is 0. The van der Waals surface area contributed by atoms with E-state index >= 15 is 0 Å². The Morgan fingerprint density at radius 2 is 1.47 bits per heavy atom. The van der Waals surface area contributed by atoms with Gasteiger partial charge in [0.05, 0.1) is 17.4 Å². The van der Waals surface area contributed by atoms with Gasteiger partial charge < -0.3 is 15.5 Å². The third-order valence-electron chi connectivity index (χ3n) is 6.34. The number of likely N-dealkylation sites (N-methyl/N-ethyl adjacent to an activating group) is 1. The minimum absolute atomic E-state index is 0.223. The third kappa shape index (κ3) is 5.43. The third-order valence-corrected chi connectivity index (χ3v) is 7.14. The van der Waals surface area contributed by atoms with Crippen LogP contribution in [0.1, 0.15) is 28.3 Å². The van der Waals surface area contributed by atoms with Gasteiger partial charge in [-0.25, -0.2) is 4.99 Å². The van der Waals surface area contributed by atoms with Crippen molar-refractivity contribution in [2.45, 2.75) is 12.2 Å². The van der Waals surface area contributed by atoms with Crippen LogP contribution in [0.15, 0.2) is 108 Å². The highest BCUT2D eigenvalue weighted by atomic mass is 35.5. The molecule has 1 unspecified atom stereocenters. The molecule has 0 radical (unpaired) electrons. The normalized spacial score (nSPS) is 14.9. The van der Waals surface area contributed by atoms with E-state index in [1.165, 1.54) is 0 Å². The molecule has 1 amide bonds. The van der Waals surface area contributed by atoms with Gasteiger partial charge in [0, 0.05) is 28.2 Å². The summed E-state index contributed by atoms with van der Waals surface area (Å²) in [6.45, 7) is 0. The maximum absolute atomic E-state index is 13.6. The van der Waals surface area contributed by atoms with Gasteiger partial charge in [-0.1, -0.05) is 102 Å². The molecule has 5 nitrogen and oxygen atoms in total. The van der Waals surface area contributed by atoms with Crippen molar-refractivity contribution in [2.24, 2.45) is 4.99 Å². The molecular weight excluding hydrogens is 535 g/mol. The molecule has 1 heterocycles. The highest BCUT2D eigenvalue weighted by Gasteiger charge is 2.31. The van der Waals surface area contributed by atoms with Crippen molar-refractivity contribution < 1.29 is 4.79 Å². The van der Waals surface area contributed by atoms with Crippen LogP contribution < -0.4 is 15.5 Å². The Hall–Kier alpha value is -3.71. The molecular formula is C30H24Cl2N4OS. The number of nitrogens with zero attached hydrogens (tertiary/aromatic N) is 2. The van der Waals surface area contributed by atoms with Crippen LogP contribution in [0.25, 0.3) is 0 Å². The van der Waals surface area contributed by atoms with E-state index in [1.54, 1.807) is 30.1 Å². The van der Waals surface area contributed by atoms with E-state index in [0.717, 1.165) is 11.1 Å². The zero-order chi connectivity index (χ0) is 26.6. The summed E-state index contributed by atoms with van der Waals surface area (Å²) in [5.41, 5.74) is 4.69. The number of carbonyl (C=O) groups is 1. The van der Waals surface area contributed by atoms with E-state index in [9.17, 15) is 4.79 Å². The quantitative estimate of drug-likeness (QED) is 0.279. The molecule has 0 aliphatic carbocycles. The van der Waals surface area contributed by atoms with Crippen LogP contribution in [0.4, 0.5) is 5.69 Å². The van der Waals surface area contributed by atoms with Gasteiger partial charge >= 0.3 is 0 Å². The number of aliphatic imine (C=N–C) groups is 1. The molecule has 38 heavy (non-hydrogen) atoms. The zero-order valence-corrected chi connectivity index (χ0v) is 22.8. The average molecular weight is 560 g/mol. The van der Waals surface area contributed by atoms with Crippen LogP contribution in [0.3, 0.4) is 0 Å². The number of benzene rings is 4. The van der Waals surface area contributed by atoms with Gasteiger partial charge in [0.15, 0.2) is 5.11 Å². The molecule has 0 aromatic heterocycles. The average Bonchev–Trinajstić information content (AvgIpc) is 3.03. The van der Waals surface area contributed by atoms with Gasteiger partial charge in [-0.15, -0.1) is 0 Å². The molecule has 1 atom stereocenters. The smallest absolute Gasteiger partial charge is 0.272 e. The zero-order valence-electron chi connectivity index (χ0n) is 20.4. The van der Waals surface area contributed by atoms with Crippen molar-refractivity contribution in [1.29, 1.82) is 0 Å². The Morgan fingerprint density at radius 1 is 0.868 bits per heavy atom. The Morgan fingerprint density at radius 3 is 2.11 bits per heavy atom. The second-order valence-corrected chi connectivity index (χ2v) is 10.0. The lowest BCUT2D eigenvalue weighted by Crippen LogP contribution is -2.50. The van der Waals surface area contributed by atoms with Crippen molar-refractivity contribution in [1.82, 2.24) is 10.6 Å². The summed E-state index contributed by atoms with van der Waals surface area (Å²) in [6, 6.07) is 32.5. The molecule has 0 fully saturated rings. The molecule has 0 spiro atoms. The fourth-order valence-corrected chi connectivity index (χ4v) is 5.08. The fraction of sp³-hybridized carbons (Fsp3) is 0.100. The van der Waals surface area contributed by atoms with Crippen molar-refractivity contribution in [3.05, 3.63) is 135 Å². The van der Waals surface area contributed by atoms with Gasteiger partial charge in [-0.3, -0.25) is 4.79 Å². The van der Waals surface area contributed by atoms with E-state index in [-0.39, 0.29) is 11.9 Å². The summed E-state index contributed by atoms with van der Waals surface area (Å²) in [5, 5.41) is 7.86. The van der Waals surface area contributed by atoms with Crippen molar-refractivity contribution in [2.75, 3.05) is 11.9 Å². The number of nitrogens with one attached hydrogen (secondary N) is 2. The van der Waals surface area contributed by atoms with E-state index in [2.05, 4.69) is 10.6 Å². The van der Waals surface area contributed by atoms with Crippen LogP contribution in [0.5, 0.6) is 0 Å². The molecule has 4 aromatic carbocycles. The highest BCUT2D eigenvalue weighted by Crippen LogP contribution is 2.32. The fourth-order valence-electron chi connectivity index (χ4n) is 4.46. The lowest BCUT2D eigenvalue weighted by Gasteiger charge is -2.25. The number of hydrogen-bond donors (Lipinski definition) is 2. The number of amides is 1. The summed E-state index contributed by atoms with van der Waals surface area (Å²) >= 11 is 18.7. The molecule has 4 aromatic rings. The molecule has 2 N–H and O–H groups in total. The predicted octanol–water partition coefficient (Wildman–Crippen LogP) is 6.39. The van der Waals surface area contributed by atoms with E-state index in [1.807, 2.05) is 84.9 Å². The van der Waals surface area contributed by atoms with E-state index < -0.39 is 6.17 Å². The number of thiocarbonyl (C=S) groups is 1. The first-order valence-corrected chi connectivity index (χ1v) is 13.2. The Balaban J connectivity index is 1.51. The lowest BCUT2D eigenvalue weighted by atomic mass is 9.99. The van der Waals surface area contributed by atoms with Gasteiger partial charge in [0.1, 0.15) is 0 Å². The van der Waals surface area contributed by atoms with Crippen molar-refractivity contribution >= 4 is 57.8 Å². The van der Waals surface area contributed by atoms with Gasteiger partial charge in [0.2, 0.25) is 6.17 Å². The van der Waals surface area contributed by atoms with Crippen molar-refractivity contribution in [3.8, 4) is 0 Å². The molecule has 1 aliphatic rings. The first-order valence-electron chi connectivity index (χ1n) is 12.0. The van der Waals surface area contributed by atoms with Crippen LogP contribution in [-0.4, -0.2) is 29.9 Å². The maximum atomic E-state index is 13.6. The number of rotatable bonds is 5. The number of halogens is 2. The van der Waals surface area contributed by atoms with Gasteiger partial charge in [-0.05, 0) is 47.6 Å². The molecule has 5 rings (SSSR count). The Kier molecular flexibility index (Phi) is 7.74. The summed E-state index contributed by atoms with van der Waals surface area (Å²) in [5.74, 6) is -0.268. The SMILES string of the molecule is CN1C(=O)C(NC(=S)NC(c2ccccc2)c2ccccc2)N=C(c2ccccc2Cl)c2cc(Cl)ccc21. The molecule has 8 heteroatoms. The second kappa shape index (κ2) is 11.4. The number of benzodiazepines with no additional fused rings is 1. The van der Waals surface area contributed by atoms with Crippen LogP contribution in [-0.2, 0) is 4.79 Å². The number of carbonyl (C=O) groups excluding carboxylic acids is 1. The van der Waals surface area contributed by atoms with Gasteiger partial charge in [0.25, 0.3) is 5.91 Å². The van der Waals surface area contributed by atoms with Crippen LogP contribution >= 0.6 is 35.4 Å². The molecule has 0 bridgehead atoms. The second-order valence-electron chi connectivity index (χ2n) is 8.79. The minimum atomic E-state index is -0.996. The molecule has 0 saturated carbocycles. The van der Waals surface area contributed by atoms with Crippen LogP contribution in [0, 0.1) is 0 Å². The summed E-state index contributed by atoms with van der Waals surface area (Å²) in [7, 11) is 1.71. The topological polar surface area (TPSA) is 56.7 Å². The standard InChI is InChI=1S/C30H24Cl2N4OS/c1-36-25-17-16-21(31)18-23(25)27(22-14-8-9-15-24(22)32)33-28(29(36)37)35-30(38)34-26(19-10-4-2-5-11-19)20-12-6-3-7-13-20/h2-18,26,28H,1H3,(H2,34,35,38). The maximum Gasteiger partial charge on any atom is 0.272 e. The monoisotopic (exact) mass is 558 g/mol. The van der Waals surface area contributed by atoms with Crippen LogP contribution in [0.2, 0.25) is 10.0 Å². The Bertz CT molecular complexity index is 1470. The lowest BCUT2D eigenvalue weighted by molar-refractivity contribution is -0.119. The molecule has 1 aliphatic heterocycles. The predicted molar refractivity (Wildman–Crippen MR) is 159 cm³/mol. The number of anilines is 1. The Labute approximate surface area is 237 Å². The minimum Gasteiger partial charge on any atom is -0.352 e. The van der Waals surface area contributed by atoms with E-state index in [4.69, 9.17) is 40.4 Å². The first-order chi connectivity index (χ1) is 18.4. The number of hydrogen-bond acceptors (Lipinski definition) is 3. The van der Waals surface area contributed by atoms with E-state index in [0.29, 0.717) is 37.7 Å². The molecule has 190 valence electrons. The largest absolute Gasteiger partial charge is 0.352 e. The molecule has 0 saturated heterocycles. The number of fused-ring (bicyclic) bond motifs is 1. The highest BCUT2D eigenvalue weighted by molar-refractivity contribution is 7.80.